The largest absolute Gasteiger partial charge is 0.388 e. The van der Waals surface area contributed by atoms with Crippen LogP contribution in [0.5, 0.6) is 0 Å². The average Bonchev–Trinajstić information content (AvgIpc) is 2.65. The smallest absolute Gasteiger partial charge is 0.152 e. The molecule has 2 unspecified atom stereocenters. The molecule has 3 nitrogen and oxygen atoms in total. The van der Waals surface area contributed by atoms with Crippen LogP contribution >= 0.6 is 0 Å². The molecule has 1 aliphatic rings. The van der Waals surface area contributed by atoms with Crippen molar-refractivity contribution in [2.45, 2.75) is 19.1 Å². The third-order valence-corrected chi connectivity index (χ3v) is 2.66. The van der Waals surface area contributed by atoms with Gasteiger partial charge < -0.3 is 15.2 Å². The molecule has 1 heterocycles. The Kier molecular flexibility index (Phi) is 3.07. The van der Waals surface area contributed by atoms with Crippen molar-refractivity contribution in [3.63, 3.8) is 0 Å². The summed E-state index contributed by atoms with van der Waals surface area (Å²) in [6.45, 7) is 1.99. The fourth-order valence-corrected chi connectivity index (χ4v) is 1.66. The lowest BCUT2D eigenvalue weighted by Crippen LogP contribution is -2.32. The van der Waals surface area contributed by atoms with E-state index in [0.29, 0.717) is 5.56 Å². The van der Waals surface area contributed by atoms with Gasteiger partial charge >= 0.3 is 0 Å². The second-order valence-corrected chi connectivity index (χ2v) is 3.91. The number of aryl methyl sites for hydroxylation is 1. The molecule has 88 valence electrons. The van der Waals surface area contributed by atoms with Crippen LogP contribution in [0.2, 0.25) is 0 Å². The van der Waals surface area contributed by atoms with E-state index >= 15 is 0 Å². The lowest BCUT2D eigenvalue weighted by molar-refractivity contribution is 0.125. The number of ether oxygens (including phenoxy) is 1. The highest BCUT2D eigenvalue weighted by Crippen LogP contribution is 2.24. The Morgan fingerprint density at radius 1 is 1.38 bits per heavy atom. The zero-order valence-corrected chi connectivity index (χ0v) is 8.84. The zero-order chi connectivity index (χ0) is 11.7. The first kappa shape index (κ1) is 11.3. The van der Waals surface area contributed by atoms with E-state index in [0.717, 1.165) is 0 Å². The Morgan fingerprint density at radius 2 is 2.12 bits per heavy atom. The molecule has 0 amide bonds. The van der Waals surface area contributed by atoms with Crippen LogP contribution in [0.3, 0.4) is 0 Å². The lowest BCUT2D eigenvalue weighted by atomic mass is 10.1. The third-order valence-electron chi connectivity index (χ3n) is 2.66. The maximum atomic E-state index is 13.6. The van der Waals surface area contributed by atoms with Crippen molar-refractivity contribution >= 4 is 5.69 Å². The van der Waals surface area contributed by atoms with Crippen LogP contribution in [0.25, 0.3) is 0 Å². The number of anilines is 1. The number of aliphatic hydroxyl groups is 1. The molecule has 0 aromatic heterocycles. The van der Waals surface area contributed by atoms with Gasteiger partial charge in [0.15, 0.2) is 5.82 Å². The average molecular weight is 229 g/mol. The van der Waals surface area contributed by atoms with E-state index in [1.165, 1.54) is 12.1 Å². The van der Waals surface area contributed by atoms with E-state index in [2.05, 4.69) is 5.32 Å². The van der Waals surface area contributed by atoms with E-state index < -0.39 is 23.8 Å². The number of hydrogen-bond donors (Lipinski definition) is 2. The van der Waals surface area contributed by atoms with Crippen molar-refractivity contribution in [1.82, 2.24) is 0 Å². The molecule has 1 fully saturated rings. The minimum atomic E-state index is -0.737. The second kappa shape index (κ2) is 4.35. The number of benzene rings is 1. The monoisotopic (exact) mass is 229 g/mol. The van der Waals surface area contributed by atoms with Crippen molar-refractivity contribution < 1.29 is 18.6 Å². The van der Waals surface area contributed by atoms with Crippen molar-refractivity contribution in [1.29, 1.82) is 0 Å². The van der Waals surface area contributed by atoms with Crippen LogP contribution < -0.4 is 5.32 Å². The molecule has 1 aromatic carbocycles. The first-order valence-electron chi connectivity index (χ1n) is 5.06. The van der Waals surface area contributed by atoms with E-state index in [4.69, 9.17) is 4.74 Å². The highest BCUT2D eigenvalue weighted by atomic mass is 19.1. The molecule has 0 aliphatic carbocycles. The highest BCUT2D eigenvalue weighted by Gasteiger charge is 2.27. The summed E-state index contributed by atoms with van der Waals surface area (Å²) in [6.07, 6.45) is -0.737. The molecule has 2 rings (SSSR count). The fraction of sp³-hybridized carbons (Fsp3) is 0.455. The van der Waals surface area contributed by atoms with Crippen LogP contribution in [0.15, 0.2) is 12.1 Å². The van der Waals surface area contributed by atoms with Crippen molar-refractivity contribution in [3.05, 3.63) is 29.3 Å². The summed E-state index contributed by atoms with van der Waals surface area (Å²) in [4.78, 5) is 0. The minimum absolute atomic E-state index is 0.187. The van der Waals surface area contributed by atoms with Crippen LogP contribution in [-0.2, 0) is 4.74 Å². The topological polar surface area (TPSA) is 41.5 Å². The summed E-state index contributed by atoms with van der Waals surface area (Å²) in [5.74, 6) is -1.29. The zero-order valence-electron chi connectivity index (χ0n) is 8.84. The van der Waals surface area contributed by atoms with Gasteiger partial charge in [-0.2, -0.15) is 0 Å². The number of halogens is 2. The van der Waals surface area contributed by atoms with Crippen LogP contribution in [0, 0.1) is 18.6 Å². The van der Waals surface area contributed by atoms with Gasteiger partial charge in [0.2, 0.25) is 0 Å². The summed E-state index contributed by atoms with van der Waals surface area (Å²) >= 11 is 0. The molecule has 0 saturated carbocycles. The number of nitrogens with one attached hydrogen (secondary N) is 1. The molecular formula is C11H13F2NO2. The number of rotatable bonds is 2. The SMILES string of the molecule is Cc1ccc(F)c(NC2COCC2O)c1F. The Balaban J connectivity index is 2.23. The third kappa shape index (κ3) is 2.01. The van der Waals surface area contributed by atoms with Gasteiger partial charge in [0.25, 0.3) is 0 Å². The number of hydrogen-bond acceptors (Lipinski definition) is 3. The number of aliphatic hydroxyl groups excluding tert-OH is 1. The maximum absolute atomic E-state index is 13.6. The Hall–Kier alpha value is -1.20. The first-order chi connectivity index (χ1) is 7.59. The van der Waals surface area contributed by atoms with Gasteiger partial charge in [0.1, 0.15) is 11.5 Å². The summed E-state index contributed by atoms with van der Waals surface area (Å²) in [6, 6.07) is 2.10. The quantitative estimate of drug-likeness (QED) is 0.806. The predicted octanol–water partition coefficient (Wildman–Crippen LogP) is 1.44. The van der Waals surface area contributed by atoms with Gasteiger partial charge in [-0.25, -0.2) is 8.78 Å². The molecule has 2 N–H and O–H groups in total. The van der Waals surface area contributed by atoms with Gasteiger partial charge in [-0.15, -0.1) is 0 Å². The normalized spacial score (nSPS) is 24.8. The summed E-state index contributed by atoms with van der Waals surface area (Å²) in [5, 5.41) is 12.1. The van der Waals surface area contributed by atoms with Gasteiger partial charge in [-0.1, -0.05) is 6.07 Å². The van der Waals surface area contributed by atoms with Gasteiger partial charge in [-0.3, -0.25) is 0 Å². The molecule has 2 atom stereocenters. The summed E-state index contributed by atoms with van der Waals surface area (Å²) in [5.41, 5.74) is 0.159. The Labute approximate surface area is 92.0 Å². The summed E-state index contributed by atoms with van der Waals surface area (Å²) in [7, 11) is 0. The Morgan fingerprint density at radius 3 is 2.75 bits per heavy atom. The van der Waals surface area contributed by atoms with Gasteiger partial charge in [0, 0.05) is 0 Å². The molecule has 0 spiro atoms. The summed E-state index contributed by atoms with van der Waals surface area (Å²) < 4.78 is 32.0. The van der Waals surface area contributed by atoms with E-state index in [1.54, 1.807) is 6.92 Å². The molecule has 1 saturated heterocycles. The molecule has 16 heavy (non-hydrogen) atoms. The van der Waals surface area contributed by atoms with Crippen LogP contribution in [0.4, 0.5) is 14.5 Å². The lowest BCUT2D eigenvalue weighted by Gasteiger charge is -2.17. The van der Waals surface area contributed by atoms with Crippen LogP contribution in [0.1, 0.15) is 5.56 Å². The molecule has 5 heteroatoms. The highest BCUT2D eigenvalue weighted by molar-refractivity contribution is 5.50. The molecule has 0 radical (unpaired) electrons. The van der Waals surface area contributed by atoms with Crippen molar-refractivity contribution in [3.8, 4) is 0 Å². The second-order valence-electron chi connectivity index (χ2n) is 3.91. The Bertz CT molecular complexity index is 398. The van der Waals surface area contributed by atoms with Gasteiger partial charge in [0.05, 0.1) is 25.4 Å². The molecular weight excluding hydrogens is 216 g/mol. The van der Waals surface area contributed by atoms with Gasteiger partial charge in [-0.05, 0) is 18.6 Å². The standard InChI is InChI=1S/C11H13F2NO2/c1-6-2-3-7(12)11(10(6)13)14-8-4-16-5-9(8)15/h2-3,8-9,14-15H,4-5H2,1H3. The van der Waals surface area contributed by atoms with E-state index in [-0.39, 0.29) is 18.9 Å². The molecule has 0 bridgehead atoms. The predicted molar refractivity (Wildman–Crippen MR) is 55.3 cm³/mol. The molecule has 1 aromatic rings. The van der Waals surface area contributed by atoms with Crippen molar-refractivity contribution in [2.24, 2.45) is 0 Å². The maximum Gasteiger partial charge on any atom is 0.152 e. The minimum Gasteiger partial charge on any atom is -0.388 e. The molecule has 1 aliphatic heterocycles. The fourth-order valence-electron chi connectivity index (χ4n) is 1.66. The van der Waals surface area contributed by atoms with E-state index in [1.807, 2.05) is 0 Å². The van der Waals surface area contributed by atoms with Crippen molar-refractivity contribution in [2.75, 3.05) is 18.5 Å². The van der Waals surface area contributed by atoms with E-state index in [9.17, 15) is 13.9 Å². The van der Waals surface area contributed by atoms with Crippen LogP contribution in [-0.4, -0.2) is 30.5 Å². The first-order valence-corrected chi connectivity index (χ1v) is 5.06.